The molecule has 1 atom stereocenters. The van der Waals surface area contributed by atoms with Gasteiger partial charge in [-0.25, -0.2) is 4.98 Å². The molecule has 0 saturated heterocycles. The van der Waals surface area contributed by atoms with Crippen LogP contribution in [0.1, 0.15) is 35.7 Å². The summed E-state index contributed by atoms with van der Waals surface area (Å²) in [5.74, 6) is 1.02. The van der Waals surface area contributed by atoms with E-state index in [1.807, 2.05) is 12.1 Å². The Morgan fingerprint density at radius 1 is 1.41 bits per heavy atom. The maximum Gasteiger partial charge on any atom is 0.154 e. The summed E-state index contributed by atoms with van der Waals surface area (Å²) in [6.45, 7) is 2.18. The van der Waals surface area contributed by atoms with Gasteiger partial charge in [-0.05, 0) is 18.1 Å². The van der Waals surface area contributed by atoms with Gasteiger partial charge in [-0.3, -0.25) is 0 Å². The van der Waals surface area contributed by atoms with Crippen molar-refractivity contribution in [3.8, 4) is 5.75 Å². The molecule has 0 saturated carbocycles. The zero-order valence-corrected chi connectivity index (χ0v) is 10.7. The largest absolute Gasteiger partial charge is 0.483 e. The summed E-state index contributed by atoms with van der Waals surface area (Å²) < 4.78 is 5.93. The molecule has 3 rings (SSSR count). The van der Waals surface area contributed by atoms with Crippen LogP contribution in [0, 0.1) is 0 Å². The van der Waals surface area contributed by atoms with Gasteiger partial charge in [0.25, 0.3) is 0 Å². The molecule has 1 aliphatic heterocycles. The molecule has 0 radical (unpaired) electrons. The maximum absolute atomic E-state index is 5.93. The molecule has 2 aromatic rings. The molecule has 3 heteroatoms. The van der Waals surface area contributed by atoms with Crippen LogP contribution in [0.25, 0.3) is 0 Å². The lowest BCUT2D eigenvalue weighted by atomic mass is 10.1. The van der Waals surface area contributed by atoms with Crippen molar-refractivity contribution in [2.75, 3.05) is 0 Å². The second kappa shape index (κ2) is 4.49. The summed E-state index contributed by atoms with van der Waals surface area (Å²) in [5, 5.41) is 3.27. The number of aromatic nitrogens is 1. The van der Waals surface area contributed by atoms with E-state index in [9.17, 15) is 0 Å². The highest BCUT2D eigenvalue weighted by Crippen LogP contribution is 2.37. The van der Waals surface area contributed by atoms with E-state index in [0.29, 0.717) is 0 Å². The molecule has 17 heavy (non-hydrogen) atoms. The molecule has 2 heterocycles. The summed E-state index contributed by atoms with van der Waals surface area (Å²) in [5.41, 5.74) is 2.50. The number of aryl methyl sites for hydroxylation is 1. The topological polar surface area (TPSA) is 22.1 Å². The number of fused-ring (bicyclic) bond motifs is 1. The van der Waals surface area contributed by atoms with Crippen LogP contribution < -0.4 is 4.74 Å². The number of hydrogen-bond donors (Lipinski definition) is 0. The number of nitrogens with zero attached hydrogens (tertiary/aromatic N) is 1. The van der Waals surface area contributed by atoms with Gasteiger partial charge < -0.3 is 4.74 Å². The lowest BCUT2D eigenvalue weighted by Gasteiger charge is -2.06. The number of para-hydroxylation sites is 1. The van der Waals surface area contributed by atoms with Gasteiger partial charge in [0.05, 0.1) is 5.69 Å². The first-order valence-corrected chi connectivity index (χ1v) is 6.93. The van der Waals surface area contributed by atoms with Crippen LogP contribution in [0.3, 0.4) is 0 Å². The molecular formula is C14H15NOS. The van der Waals surface area contributed by atoms with E-state index < -0.39 is 0 Å². The highest BCUT2D eigenvalue weighted by atomic mass is 32.1. The summed E-state index contributed by atoms with van der Waals surface area (Å²) in [7, 11) is 0. The standard InChI is InChI=1S/C14H15NOS/c1-2-5-11-9-17-14(15-11)13-8-10-6-3-4-7-12(10)16-13/h3-4,6-7,9,13H,2,5,8H2,1H3. The SMILES string of the molecule is CCCc1csc(C2Cc3ccccc3O2)n1. The van der Waals surface area contributed by atoms with E-state index >= 15 is 0 Å². The van der Waals surface area contributed by atoms with Gasteiger partial charge in [0.2, 0.25) is 0 Å². The van der Waals surface area contributed by atoms with Crippen molar-refractivity contribution in [1.29, 1.82) is 0 Å². The average Bonchev–Trinajstić information content (AvgIpc) is 2.94. The van der Waals surface area contributed by atoms with Crippen molar-refractivity contribution >= 4 is 11.3 Å². The number of hydrogen-bond acceptors (Lipinski definition) is 3. The minimum absolute atomic E-state index is 0.128. The quantitative estimate of drug-likeness (QED) is 0.821. The van der Waals surface area contributed by atoms with Gasteiger partial charge in [-0.15, -0.1) is 11.3 Å². The summed E-state index contributed by atoms with van der Waals surface area (Å²) in [6, 6.07) is 8.26. The van der Waals surface area contributed by atoms with Crippen LogP contribution in [0.2, 0.25) is 0 Å². The maximum atomic E-state index is 5.93. The lowest BCUT2D eigenvalue weighted by molar-refractivity contribution is 0.238. The van der Waals surface area contributed by atoms with Gasteiger partial charge in [-0.1, -0.05) is 31.5 Å². The first-order valence-electron chi connectivity index (χ1n) is 6.05. The van der Waals surface area contributed by atoms with Crippen molar-refractivity contribution in [3.63, 3.8) is 0 Å². The summed E-state index contributed by atoms with van der Waals surface area (Å²) in [4.78, 5) is 4.66. The van der Waals surface area contributed by atoms with Gasteiger partial charge >= 0.3 is 0 Å². The van der Waals surface area contributed by atoms with E-state index in [2.05, 4.69) is 29.4 Å². The summed E-state index contributed by atoms with van der Waals surface area (Å²) in [6.07, 6.45) is 3.29. The first-order chi connectivity index (χ1) is 8.36. The molecule has 0 fully saturated rings. The van der Waals surface area contributed by atoms with Crippen molar-refractivity contribution in [3.05, 3.63) is 45.9 Å². The van der Waals surface area contributed by atoms with Gasteiger partial charge in [0.15, 0.2) is 6.10 Å². The zero-order valence-electron chi connectivity index (χ0n) is 9.85. The average molecular weight is 245 g/mol. The summed E-state index contributed by atoms with van der Waals surface area (Å²) >= 11 is 1.72. The Morgan fingerprint density at radius 2 is 2.29 bits per heavy atom. The van der Waals surface area contributed by atoms with Crippen molar-refractivity contribution in [1.82, 2.24) is 4.98 Å². The van der Waals surface area contributed by atoms with Gasteiger partial charge in [0, 0.05) is 11.8 Å². The molecule has 1 aromatic heterocycles. The van der Waals surface area contributed by atoms with E-state index in [-0.39, 0.29) is 6.10 Å². The van der Waals surface area contributed by atoms with Crippen LogP contribution in [-0.4, -0.2) is 4.98 Å². The zero-order chi connectivity index (χ0) is 11.7. The van der Waals surface area contributed by atoms with E-state index in [0.717, 1.165) is 30.0 Å². The number of rotatable bonds is 3. The van der Waals surface area contributed by atoms with Crippen molar-refractivity contribution in [2.45, 2.75) is 32.3 Å². The van der Waals surface area contributed by atoms with E-state index in [1.165, 1.54) is 11.3 Å². The van der Waals surface area contributed by atoms with Crippen molar-refractivity contribution < 1.29 is 4.74 Å². The Kier molecular flexibility index (Phi) is 2.85. The molecule has 1 aromatic carbocycles. The number of benzene rings is 1. The Bertz CT molecular complexity index is 495. The number of thiazole rings is 1. The van der Waals surface area contributed by atoms with Crippen LogP contribution in [0.5, 0.6) is 5.75 Å². The third kappa shape index (κ3) is 2.07. The van der Waals surface area contributed by atoms with Gasteiger partial charge in [0.1, 0.15) is 10.8 Å². The molecule has 0 spiro atoms. The van der Waals surface area contributed by atoms with Crippen LogP contribution in [0.15, 0.2) is 29.6 Å². The van der Waals surface area contributed by atoms with E-state index in [1.54, 1.807) is 11.3 Å². The molecule has 1 unspecified atom stereocenters. The minimum Gasteiger partial charge on any atom is -0.483 e. The third-order valence-electron chi connectivity index (χ3n) is 3.00. The molecule has 0 bridgehead atoms. The predicted octanol–water partition coefficient (Wildman–Crippen LogP) is 3.77. The first kappa shape index (κ1) is 10.8. The number of ether oxygens (including phenoxy) is 1. The van der Waals surface area contributed by atoms with Crippen LogP contribution >= 0.6 is 11.3 Å². The van der Waals surface area contributed by atoms with Crippen molar-refractivity contribution in [2.24, 2.45) is 0 Å². The lowest BCUT2D eigenvalue weighted by Crippen LogP contribution is -2.02. The Hall–Kier alpha value is -1.35. The molecule has 0 amide bonds. The van der Waals surface area contributed by atoms with Crippen LogP contribution in [-0.2, 0) is 12.8 Å². The van der Waals surface area contributed by atoms with E-state index in [4.69, 9.17) is 4.74 Å². The Balaban J connectivity index is 1.79. The predicted molar refractivity (Wildman–Crippen MR) is 69.6 cm³/mol. The highest BCUT2D eigenvalue weighted by molar-refractivity contribution is 7.09. The monoisotopic (exact) mass is 245 g/mol. The molecular weight excluding hydrogens is 230 g/mol. The molecule has 0 aliphatic carbocycles. The molecule has 88 valence electrons. The Morgan fingerprint density at radius 3 is 3.12 bits per heavy atom. The normalized spacial score (nSPS) is 17.8. The fraction of sp³-hybridized carbons (Fsp3) is 0.357. The Labute approximate surface area is 105 Å². The molecule has 2 nitrogen and oxygen atoms in total. The minimum atomic E-state index is 0.128. The fourth-order valence-corrected chi connectivity index (χ4v) is 3.04. The third-order valence-corrected chi connectivity index (χ3v) is 3.98. The van der Waals surface area contributed by atoms with Crippen LogP contribution in [0.4, 0.5) is 0 Å². The second-order valence-corrected chi connectivity index (χ2v) is 5.24. The van der Waals surface area contributed by atoms with Gasteiger partial charge in [-0.2, -0.15) is 0 Å². The smallest absolute Gasteiger partial charge is 0.154 e. The molecule has 0 N–H and O–H groups in total. The molecule has 1 aliphatic rings. The fourth-order valence-electron chi connectivity index (χ4n) is 2.16. The second-order valence-electron chi connectivity index (χ2n) is 4.35. The highest BCUT2D eigenvalue weighted by Gasteiger charge is 2.26.